The second kappa shape index (κ2) is 5.50. The molecule has 3 fully saturated rings. The molecular formula is C16H29NO. The summed E-state index contributed by atoms with van der Waals surface area (Å²) < 4.78 is 6.41. The van der Waals surface area contributed by atoms with Crippen LogP contribution in [0.2, 0.25) is 0 Å². The van der Waals surface area contributed by atoms with Crippen LogP contribution in [0.25, 0.3) is 0 Å². The lowest BCUT2D eigenvalue weighted by Crippen LogP contribution is -2.42. The van der Waals surface area contributed by atoms with Crippen LogP contribution in [-0.2, 0) is 4.74 Å². The van der Waals surface area contributed by atoms with E-state index < -0.39 is 0 Å². The summed E-state index contributed by atoms with van der Waals surface area (Å²) >= 11 is 0. The Bertz CT molecular complexity index is 270. The molecule has 3 unspecified atom stereocenters. The third-order valence-corrected chi connectivity index (χ3v) is 5.87. The fourth-order valence-electron chi connectivity index (χ4n) is 4.64. The minimum Gasteiger partial charge on any atom is -0.373 e. The molecule has 2 bridgehead atoms. The SMILES string of the molecule is NCC1(OCC2CC3CCC2C3)CCCCCC1. The van der Waals surface area contributed by atoms with Gasteiger partial charge in [-0.25, -0.2) is 0 Å². The highest BCUT2D eigenvalue weighted by Gasteiger charge is 2.41. The summed E-state index contributed by atoms with van der Waals surface area (Å²) in [5, 5.41) is 0. The van der Waals surface area contributed by atoms with Crippen molar-refractivity contribution in [1.82, 2.24) is 0 Å². The monoisotopic (exact) mass is 251 g/mol. The largest absolute Gasteiger partial charge is 0.373 e. The third kappa shape index (κ3) is 2.60. The number of hydrogen-bond acceptors (Lipinski definition) is 2. The molecule has 3 rings (SSSR count). The van der Waals surface area contributed by atoms with Gasteiger partial charge in [0.05, 0.1) is 12.2 Å². The number of fused-ring (bicyclic) bond motifs is 2. The van der Waals surface area contributed by atoms with Gasteiger partial charge in [0, 0.05) is 6.54 Å². The minimum atomic E-state index is 0.0400. The van der Waals surface area contributed by atoms with E-state index in [1.807, 2.05) is 0 Å². The van der Waals surface area contributed by atoms with Crippen LogP contribution in [0.3, 0.4) is 0 Å². The first kappa shape index (κ1) is 12.9. The minimum absolute atomic E-state index is 0.0400. The molecule has 0 spiro atoms. The standard InChI is InChI=1S/C16H29NO/c17-12-16(7-3-1-2-4-8-16)18-11-15-10-13-5-6-14(15)9-13/h13-15H,1-12,17H2. The van der Waals surface area contributed by atoms with Gasteiger partial charge in [0.15, 0.2) is 0 Å². The zero-order valence-corrected chi connectivity index (χ0v) is 11.7. The van der Waals surface area contributed by atoms with Gasteiger partial charge in [-0.05, 0) is 49.9 Å². The van der Waals surface area contributed by atoms with Gasteiger partial charge in [-0.1, -0.05) is 32.1 Å². The summed E-state index contributed by atoms with van der Waals surface area (Å²) in [6.07, 6.45) is 13.7. The number of ether oxygens (including phenoxy) is 1. The van der Waals surface area contributed by atoms with Crippen LogP contribution < -0.4 is 5.73 Å². The van der Waals surface area contributed by atoms with Gasteiger partial charge in [-0.3, -0.25) is 0 Å². The summed E-state index contributed by atoms with van der Waals surface area (Å²) in [6.45, 7) is 1.73. The number of nitrogens with two attached hydrogens (primary N) is 1. The van der Waals surface area contributed by atoms with E-state index in [2.05, 4.69) is 0 Å². The Morgan fingerprint density at radius 2 is 1.78 bits per heavy atom. The molecule has 2 heteroatoms. The van der Waals surface area contributed by atoms with Crippen molar-refractivity contribution in [3.05, 3.63) is 0 Å². The number of hydrogen-bond donors (Lipinski definition) is 1. The molecule has 3 atom stereocenters. The Morgan fingerprint density at radius 3 is 2.33 bits per heavy atom. The van der Waals surface area contributed by atoms with Crippen LogP contribution in [-0.4, -0.2) is 18.8 Å². The van der Waals surface area contributed by atoms with E-state index in [1.54, 1.807) is 0 Å². The molecule has 2 N–H and O–H groups in total. The molecule has 2 nitrogen and oxygen atoms in total. The predicted octanol–water partition coefficient (Wildman–Crippen LogP) is 3.49. The molecule has 0 aromatic carbocycles. The van der Waals surface area contributed by atoms with Gasteiger partial charge in [-0.2, -0.15) is 0 Å². The lowest BCUT2D eigenvalue weighted by molar-refractivity contribution is -0.0707. The van der Waals surface area contributed by atoms with Crippen LogP contribution in [0.15, 0.2) is 0 Å². The molecule has 0 aromatic rings. The molecule has 0 saturated heterocycles. The molecule has 0 heterocycles. The van der Waals surface area contributed by atoms with Gasteiger partial charge in [0.1, 0.15) is 0 Å². The first-order chi connectivity index (χ1) is 8.81. The fourth-order valence-corrected chi connectivity index (χ4v) is 4.64. The van der Waals surface area contributed by atoms with Gasteiger partial charge in [-0.15, -0.1) is 0 Å². The lowest BCUT2D eigenvalue weighted by atomic mass is 9.88. The van der Waals surface area contributed by atoms with Crippen molar-refractivity contribution in [2.45, 2.75) is 69.8 Å². The van der Waals surface area contributed by atoms with Gasteiger partial charge < -0.3 is 10.5 Å². The van der Waals surface area contributed by atoms with Gasteiger partial charge in [0.2, 0.25) is 0 Å². The van der Waals surface area contributed by atoms with Crippen molar-refractivity contribution in [2.24, 2.45) is 23.5 Å². The normalized spacial score (nSPS) is 38.8. The average Bonchev–Trinajstić information content (AvgIpc) is 2.94. The number of rotatable bonds is 4. The first-order valence-electron chi connectivity index (χ1n) is 8.15. The Balaban J connectivity index is 1.53. The summed E-state index contributed by atoms with van der Waals surface area (Å²) in [7, 11) is 0. The van der Waals surface area contributed by atoms with Gasteiger partial charge >= 0.3 is 0 Å². The average molecular weight is 251 g/mol. The van der Waals surface area contributed by atoms with E-state index in [4.69, 9.17) is 10.5 Å². The molecule has 0 aliphatic heterocycles. The third-order valence-electron chi connectivity index (χ3n) is 5.87. The fraction of sp³-hybridized carbons (Fsp3) is 1.00. The van der Waals surface area contributed by atoms with Crippen LogP contribution in [0.1, 0.15) is 64.2 Å². The molecule has 3 saturated carbocycles. The van der Waals surface area contributed by atoms with E-state index in [9.17, 15) is 0 Å². The van der Waals surface area contributed by atoms with Crippen molar-refractivity contribution in [2.75, 3.05) is 13.2 Å². The lowest BCUT2D eigenvalue weighted by Gasteiger charge is -2.34. The summed E-state index contributed by atoms with van der Waals surface area (Å²) in [5.74, 6) is 2.87. The molecule has 3 aliphatic rings. The van der Waals surface area contributed by atoms with Crippen molar-refractivity contribution < 1.29 is 4.74 Å². The highest BCUT2D eigenvalue weighted by atomic mass is 16.5. The topological polar surface area (TPSA) is 35.2 Å². The Kier molecular flexibility index (Phi) is 3.95. The maximum absolute atomic E-state index is 6.41. The molecular weight excluding hydrogens is 222 g/mol. The van der Waals surface area contributed by atoms with Crippen molar-refractivity contribution in [3.63, 3.8) is 0 Å². The van der Waals surface area contributed by atoms with E-state index in [0.717, 1.165) is 30.9 Å². The molecule has 104 valence electrons. The van der Waals surface area contributed by atoms with E-state index in [-0.39, 0.29) is 5.60 Å². The van der Waals surface area contributed by atoms with Crippen LogP contribution in [0, 0.1) is 17.8 Å². The zero-order valence-electron chi connectivity index (χ0n) is 11.7. The van der Waals surface area contributed by atoms with Crippen LogP contribution in [0.4, 0.5) is 0 Å². The maximum atomic E-state index is 6.41. The highest BCUT2D eigenvalue weighted by Crippen LogP contribution is 2.48. The van der Waals surface area contributed by atoms with Crippen molar-refractivity contribution in [1.29, 1.82) is 0 Å². The first-order valence-corrected chi connectivity index (χ1v) is 8.15. The highest BCUT2D eigenvalue weighted by molar-refractivity contribution is 4.91. The Morgan fingerprint density at radius 1 is 1.00 bits per heavy atom. The molecule has 18 heavy (non-hydrogen) atoms. The Labute approximate surface area is 112 Å². The summed E-state index contributed by atoms with van der Waals surface area (Å²) in [6, 6.07) is 0. The van der Waals surface area contributed by atoms with Gasteiger partial charge in [0.25, 0.3) is 0 Å². The van der Waals surface area contributed by atoms with Crippen molar-refractivity contribution >= 4 is 0 Å². The molecule has 3 aliphatic carbocycles. The van der Waals surface area contributed by atoms with E-state index in [1.165, 1.54) is 64.2 Å². The predicted molar refractivity (Wildman–Crippen MR) is 74.4 cm³/mol. The van der Waals surface area contributed by atoms with Crippen LogP contribution >= 0.6 is 0 Å². The smallest absolute Gasteiger partial charge is 0.0804 e. The van der Waals surface area contributed by atoms with Crippen LogP contribution in [0.5, 0.6) is 0 Å². The summed E-state index contributed by atoms with van der Waals surface area (Å²) in [5.41, 5.74) is 6.08. The van der Waals surface area contributed by atoms with E-state index >= 15 is 0 Å². The molecule has 0 amide bonds. The maximum Gasteiger partial charge on any atom is 0.0804 e. The summed E-state index contributed by atoms with van der Waals surface area (Å²) in [4.78, 5) is 0. The molecule has 0 radical (unpaired) electrons. The second-order valence-electron chi connectivity index (χ2n) is 7.05. The second-order valence-corrected chi connectivity index (χ2v) is 7.05. The Hall–Kier alpha value is -0.0800. The quantitative estimate of drug-likeness (QED) is 0.776. The van der Waals surface area contributed by atoms with E-state index in [0.29, 0.717) is 0 Å². The molecule has 0 aromatic heterocycles. The van der Waals surface area contributed by atoms with Crippen molar-refractivity contribution in [3.8, 4) is 0 Å². The zero-order chi connectivity index (χ0) is 12.4.